The van der Waals surface area contributed by atoms with Crippen LogP contribution in [0.25, 0.3) is 6.08 Å². The number of aliphatic carboxylic acids is 1. The first-order valence-electron chi connectivity index (χ1n) is 6.45. The zero-order valence-electron chi connectivity index (χ0n) is 11.7. The number of para-hydroxylation sites is 1. The third kappa shape index (κ3) is 4.68. The van der Waals surface area contributed by atoms with Crippen molar-refractivity contribution in [3.8, 4) is 5.75 Å². The number of ether oxygens (including phenoxy) is 1. The first kappa shape index (κ1) is 15.2. The minimum atomic E-state index is -0.939. The summed E-state index contributed by atoms with van der Waals surface area (Å²) < 4.78 is 5.32. The second-order valence-corrected chi connectivity index (χ2v) is 5.37. The Morgan fingerprint density at radius 3 is 2.57 bits per heavy atom. The number of methoxy groups -OCH3 is 1. The van der Waals surface area contributed by atoms with E-state index in [1.165, 1.54) is 5.56 Å². The Labute approximate surface area is 128 Å². The maximum atomic E-state index is 10.5. The van der Waals surface area contributed by atoms with E-state index in [9.17, 15) is 4.79 Å². The summed E-state index contributed by atoms with van der Waals surface area (Å²) in [5.74, 6) is 0.776. The van der Waals surface area contributed by atoms with Crippen molar-refractivity contribution in [3.63, 3.8) is 0 Å². The van der Waals surface area contributed by atoms with Gasteiger partial charge in [-0.2, -0.15) is 0 Å². The number of carboxylic acid groups (broad SMARTS) is 1. The van der Waals surface area contributed by atoms with Gasteiger partial charge in [-0.25, -0.2) is 4.79 Å². The van der Waals surface area contributed by atoms with Crippen molar-refractivity contribution in [2.24, 2.45) is 0 Å². The molecule has 2 rings (SSSR count). The molecule has 0 fully saturated rings. The Bertz CT molecular complexity index is 633. The zero-order chi connectivity index (χ0) is 15.1. The number of carboxylic acids is 1. The minimum absolute atomic E-state index is 0.837. The summed E-state index contributed by atoms with van der Waals surface area (Å²) in [5, 5.41) is 8.59. The van der Waals surface area contributed by atoms with Crippen LogP contribution in [0, 0.1) is 0 Å². The van der Waals surface area contributed by atoms with E-state index in [0.29, 0.717) is 0 Å². The molecule has 0 radical (unpaired) electrons. The molecule has 0 aliphatic heterocycles. The largest absolute Gasteiger partial charge is 0.496 e. The van der Waals surface area contributed by atoms with Crippen LogP contribution in [-0.2, 0) is 10.5 Å². The Morgan fingerprint density at radius 1 is 1.19 bits per heavy atom. The van der Waals surface area contributed by atoms with E-state index in [2.05, 4.69) is 0 Å². The van der Waals surface area contributed by atoms with Gasteiger partial charge < -0.3 is 9.84 Å². The van der Waals surface area contributed by atoms with Gasteiger partial charge >= 0.3 is 5.97 Å². The molecule has 108 valence electrons. The summed E-state index contributed by atoms with van der Waals surface area (Å²) >= 11 is 1.71. The number of hydrogen-bond donors (Lipinski definition) is 1. The van der Waals surface area contributed by atoms with Crippen LogP contribution in [0.5, 0.6) is 5.75 Å². The molecule has 0 aromatic heterocycles. The van der Waals surface area contributed by atoms with Gasteiger partial charge in [0.1, 0.15) is 5.75 Å². The van der Waals surface area contributed by atoms with Crippen LogP contribution >= 0.6 is 11.8 Å². The van der Waals surface area contributed by atoms with Crippen molar-refractivity contribution in [2.75, 3.05) is 7.11 Å². The van der Waals surface area contributed by atoms with E-state index in [0.717, 1.165) is 28.0 Å². The molecular formula is C17H16O3S. The third-order valence-corrected chi connectivity index (χ3v) is 3.99. The average molecular weight is 300 g/mol. The minimum Gasteiger partial charge on any atom is -0.496 e. The predicted molar refractivity (Wildman–Crippen MR) is 85.7 cm³/mol. The maximum Gasteiger partial charge on any atom is 0.328 e. The molecule has 21 heavy (non-hydrogen) atoms. The summed E-state index contributed by atoms with van der Waals surface area (Å²) in [5.41, 5.74) is 2.06. The second-order valence-electron chi connectivity index (χ2n) is 4.35. The first-order valence-corrected chi connectivity index (χ1v) is 7.43. The number of carbonyl (C=O) groups is 1. The quantitative estimate of drug-likeness (QED) is 0.645. The highest BCUT2D eigenvalue weighted by Crippen LogP contribution is 2.31. The van der Waals surface area contributed by atoms with Crippen LogP contribution in [0.4, 0.5) is 0 Å². The highest BCUT2D eigenvalue weighted by Gasteiger charge is 2.02. The molecule has 0 unspecified atom stereocenters. The highest BCUT2D eigenvalue weighted by atomic mass is 32.2. The SMILES string of the molecule is COc1ccccc1SCc1ccc(C=CC(=O)O)cc1. The fourth-order valence-corrected chi connectivity index (χ4v) is 2.77. The van der Waals surface area contributed by atoms with Crippen LogP contribution in [0.1, 0.15) is 11.1 Å². The number of thioether (sulfide) groups is 1. The summed E-state index contributed by atoms with van der Waals surface area (Å²) in [7, 11) is 1.67. The summed E-state index contributed by atoms with van der Waals surface area (Å²) in [6, 6.07) is 15.8. The fraction of sp³-hybridized carbons (Fsp3) is 0.118. The van der Waals surface area contributed by atoms with E-state index in [1.807, 2.05) is 48.5 Å². The highest BCUT2D eigenvalue weighted by molar-refractivity contribution is 7.98. The molecule has 4 heteroatoms. The van der Waals surface area contributed by atoms with Gasteiger partial charge in [0.15, 0.2) is 0 Å². The van der Waals surface area contributed by atoms with E-state index < -0.39 is 5.97 Å². The average Bonchev–Trinajstić information content (AvgIpc) is 2.52. The van der Waals surface area contributed by atoms with Crippen LogP contribution in [-0.4, -0.2) is 18.2 Å². The molecule has 2 aromatic carbocycles. The van der Waals surface area contributed by atoms with Gasteiger partial charge in [0.25, 0.3) is 0 Å². The molecule has 0 saturated carbocycles. The number of hydrogen-bond acceptors (Lipinski definition) is 3. The topological polar surface area (TPSA) is 46.5 Å². The molecule has 0 bridgehead atoms. The zero-order valence-corrected chi connectivity index (χ0v) is 12.5. The maximum absolute atomic E-state index is 10.5. The van der Waals surface area contributed by atoms with Crippen LogP contribution in [0.3, 0.4) is 0 Å². The summed E-state index contributed by atoms with van der Waals surface area (Å²) in [6.45, 7) is 0. The van der Waals surface area contributed by atoms with E-state index >= 15 is 0 Å². The summed E-state index contributed by atoms with van der Waals surface area (Å²) in [4.78, 5) is 11.6. The van der Waals surface area contributed by atoms with Gasteiger partial charge in [-0.05, 0) is 29.3 Å². The number of rotatable bonds is 6. The molecule has 0 aliphatic rings. The lowest BCUT2D eigenvalue weighted by Gasteiger charge is -2.07. The molecule has 0 spiro atoms. The lowest BCUT2D eigenvalue weighted by Crippen LogP contribution is -1.87. The first-order chi connectivity index (χ1) is 10.2. The molecule has 0 heterocycles. The number of benzene rings is 2. The van der Waals surface area contributed by atoms with Gasteiger partial charge in [-0.3, -0.25) is 0 Å². The van der Waals surface area contributed by atoms with Gasteiger partial charge in [0.2, 0.25) is 0 Å². The lowest BCUT2D eigenvalue weighted by atomic mass is 10.1. The van der Waals surface area contributed by atoms with Gasteiger partial charge in [-0.1, -0.05) is 36.4 Å². The van der Waals surface area contributed by atoms with Crippen molar-refractivity contribution in [1.29, 1.82) is 0 Å². The third-order valence-electron chi connectivity index (χ3n) is 2.86. The van der Waals surface area contributed by atoms with Crippen molar-refractivity contribution in [1.82, 2.24) is 0 Å². The van der Waals surface area contributed by atoms with Crippen molar-refractivity contribution >= 4 is 23.8 Å². The van der Waals surface area contributed by atoms with E-state index in [-0.39, 0.29) is 0 Å². The Balaban J connectivity index is 1.99. The molecule has 2 aromatic rings. The molecule has 3 nitrogen and oxygen atoms in total. The normalized spacial score (nSPS) is 10.7. The van der Waals surface area contributed by atoms with Crippen molar-refractivity contribution in [3.05, 3.63) is 65.7 Å². The van der Waals surface area contributed by atoms with Gasteiger partial charge in [-0.15, -0.1) is 11.8 Å². The predicted octanol–water partition coefficient (Wildman–Crippen LogP) is 4.09. The Kier molecular flexibility index (Phi) is 5.46. The lowest BCUT2D eigenvalue weighted by molar-refractivity contribution is -0.131. The molecular weight excluding hydrogens is 284 g/mol. The van der Waals surface area contributed by atoms with E-state index in [4.69, 9.17) is 9.84 Å². The second kappa shape index (κ2) is 7.55. The smallest absolute Gasteiger partial charge is 0.328 e. The Morgan fingerprint density at radius 2 is 1.90 bits per heavy atom. The van der Waals surface area contributed by atoms with Gasteiger partial charge in [0, 0.05) is 16.7 Å². The molecule has 1 N–H and O–H groups in total. The van der Waals surface area contributed by atoms with Crippen LogP contribution in [0.15, 0.2) is 59.5 Å². The monoisotopic (exact) mass is 300 g/mol. The van der Waals surface area contributed by atoms with Crippen molar-refractivity contribution < 1.29 is 14.6 Å². The van der Waals surface area contributed by atoms with Crippen molar-refractivity contribution in [2.45, 2.75) is 10.6 Å². The summed E-state index contributed by atoms with van der Waals surface area (Å²) in [6.07, 6.45) is 2.72. The van der Waals surface area contributed by atoms with E-state index in [1.54, 1.807) is 24.9 Å². The molecule has 0 saturated heterocycles. The van der Waals surface area contributed by atoms with Crippen LogP contribution in [0.2, 0.25) is 0 Å². The fourth-order valence-electron chi connectivity index (χ4n) is 1.79. The molecule has 0 amide bonds. The standard InChI is InChI=1S/C17H16O3S/c1-20-15-4-2-3-5-16(15)21-12-14-8-6-13(7-9-14)10-11-17(18)19/h2-11H,12H2,1H3,(H,18,19). The van der Waals surface area contributed by atoms with Crippen LogP contribution < -0.4 is 4.74 Å². The molecule has 0 atom stereocenters. The van der Waals surface area contributed by atoms with Gasteiger partial charge in [0.05, 0.1) is 7.11 Å². The Hall–Kier alpha value is -2.20. The molecule has 0 aliphatic carbocycles.